The first-order valence-corrected chi connectivity index (χ1v) is 25.1. The van der Waals surface area contributed by atoms with Crippen molar-refractivity contribution in [2.24, 2.45) is 0 Å². The molecule has 33 nitrogen and oxygen atoms in total. The number of thiol groups is 1. The Bertz CT molecular complexity index is 1840. The first kappa shape index (κ1) is 59.6. The maximum Gasteiger partial charge on any atom is 0.187 e. The zero-order valence-electron chi connectivity index (χ0n) is 39.8. The number of hydrogen-bond donors (Lipinski definition) is 19. The minimum atomic E-state index is -2.18. The van der Waals surface area contributed by atoms with E-state index in [1.54, 1.807) is 0 Å². The van der Waals surface area contributed by atoms with Crippen molar-refractivity contribution in [3.8, 4) is 0 Å². The second-order valence-electron chi connectivity index (χ2n) is 19.8. The van der Waals surface area contributed by atoms with Crippen LogP contribution in [0.15, 0.2) is 0 Å². The molecule has 0 spiro atoms. The molecule has 34 heteroatoms. The zero-order chi connectivity index (χ0) is 54.8. The molecule has 22 saturated heterocycles. The largest absolute Gasteiger partial charge is 0.394 e. The molecule has 35 atom stereocenters. The van der Waals surface area contributed by atoms with E-state index >= 15 is 0 Å². The summed E-state index contributed by atoms with van der Waals surface area (Å²) in [4.78, 5) is 0. The Morgan fingerprint density at radius 1 is 0.250 bits per heavy atom. The van der Waals surface area contributed by atoms with Gasteiger partial charge in [0.2, 0.25) is 0 Å². The molecule has 0 saturated carbocycles. The second-order valence-corrected chi connectivity index (χ2v) is 20.4. The molecule has 22 rings (SSSR count). The zero-order valence-corrected chi connectivity index (χ0v) is 40.7. The van der Waals surface area contributed by atoms with Gasteiger partial charge in [-0.25, -0.2) is 0 Å². The Morgan fingerprint density at radius 3 is 0.684 bits per heavy atom. The Hall–Kier alpha value is -0.970. The van der Waals surface area contributed by atoms with Gasteiger partial charge in [0.15, 0.2) is 44.0 Å². The van der Waals surface area contributed by atoms with Crippen molar-refractivity contribution < 1.29 is 163 Å². The van der Waals surface area contributed by atoms with Crippen LogP contribution in [0.1, 0.15) is 0 Å². The third kappa shape index (κ3) is 11.2. The highest BCUT2D eigenvalue weighted by molar-refractivity contribution is 7.81. The summed E-state index contributed by atoms with van der Waals surface area (Å²) in [6.07, 6.45) is -61.9. The van der Waals surface area contributed by atoms with Gasteiger partial charge in [-0.05, 0) is 0 Å². The third-order valence-corrected chi connectivity index (χ3v) is 15.6. The van der Waals surface area contributed by atoms with Crippen LogP contribution in [0.25, 0.3) is 0 Å². The quantitative estimate of drug-likeness (QED) is 0.110. The summed E-state index contributed by atoms with van der Waals surface area (Å²) < 4.78 is 87.2. The van der Waals surface area contributed by atoms with E-state index in [1.807, 2.05) is 0 Å². The fourth-order valence-electron chi connectivity index (χ4n) is 10.8. The lowest BCUT2D eigenvalue weighted by Crippen LogP contribution is -2.68. The van der Waals surface area contributed by atoms with E-state index in [0.717, 1.165) is 0 Å². The van der Waals surface area contributed by atoms with Gasteiger partial charge in [-0.3, -0.25) is 0 Å². The van der Waals surface area contributed by atoms with Crippen molar-refractivity contribution in [1.29, 1.82) is 0 Å². The highest BCUT2D eigenvalue weighted by Crippen LogP contribution is 2.41. The maximum atomic E-state index is 11.4. The fourth-order valence-corrected chi connectivity index (χ4v) is 11.2. The SMILES string of the molecule is OC[C@H]1O[C@@H]2O[C@H]3[C@H](O)[C@@H](O)[C@@H](O[C@H]4[C@H](O)[C@@H](O)[C@@H](O[C@H]5[C@@H]6OC[C@H]5O[C@H](O[C@H]5[C@H](O)[C@@H](O)[C@@H](O[C@H]7[C@H](O)[C@@H](O)[C@@H](O[C@H]8[C@H](O)[C@@H](O)[C@@H](O[C@H]1[C@H](O)[C@H]2O)O[C@@H]8CO)O[C@@H]7CO)O[C@@H]5CO)[C@@H]6S)O[C@@H]4CO)O[C@@H]3CO. The smallest absolute Gasteiger partial charge is 0.187 e. The van der Waals surface area contributed by atoms with Crippen LogP contribution < -0.4 is 0 Å². The van der Waals surface area contributed by atoms with Crippen molar-refractivity contribution in [3.63, 3.8) is 0 Å². The summed E-state index contributed by atoms with van der Waals surface area (Å²) in [5.41, 5.74) is 0. The summed E-state index contributed by atoms with van der Waals surface area (Å²) in [6.45, 7) is -6.01. The van der Waals surface area contributed by atoms with Crippen LogP contribution in [0.2, 0.25) is 0 Å². The van der Waals surface area contributed by atoms with Crippen LogP contribution in [0.3, 0.4) is 0 Å². The molecule has 0 aromatic carbocycles. The number of hydrogen-bond acceptors (Lipinski definition) is 34. The van der Waals surface area contributed by atoms with Crippen molar-refractivity contribution >= 4 is 12.6 Å². The fraction of sp³-hybridized carbons (Fsp3) is 1.00. The summed E-state index contributed by atoms with van der Waals surface area (Å²) in [5, 5.41) is 197. The Kier molecular flexibility index (Phi) is 19.5. The van der Waals surface area contributed by atoms with Crippen molar-refractivity contribution in [1.82, 2.24) is 0 Å². The van der Waals surface area contributed by atoms with Gasteiger partial charge in [0, 0.05) is 0 Å². The lowest BCUT2D eigenvalue weighted by molar-refractivity contribution is -0.396. The predicted molar refractivity (Wildman–Crippen MR) is 232 cm³/mol. The molecule has 22 heterocycles. The molecular weight excluding hydrogens is 1060 g/mol. The molecule has 0 amide bonds. The molecule has 22 aliphatic heterocycles. The predicted octanol–water partition coefficient (Wildman–Crippen LogP) is -13.2. The molecule has 0 radical (unpaired) electrons. The molecule has 22 fully saturated rings. The topological polar surface area (TPSA) is 503 Å². The number of ether oxygens (including phenoxy) is 15. The van der Waals surface area contributed by atoms with Crippen LogP contribution >= 0.6 is 12.6 Å². The third-order valence-electron chi connectivity index (χ3n) is 15.0. The van der Waals surface area contributed by atoms with E-state index in [4.69, 9.17) is 71.1 Å². The molecule has 440 valence electrons. The monoisotopic (exact) mass is 1130 g/mol. The van der Waals surface area contributed by atoms with Crippen LogP contribution in [-0.4, -0.2) is 352 Å². The van der Waals surface area contributed by atoms with Crippen LogP contribution in [-0.2, 0) is 71.1 Å². The van der Waals surface area contributed by atoms with Crippen LogP contribution in [0.4, 0.5) is 0 Å². The van der Waals surface area contributed by atoms with Gasteiger partial charge in [-0.2, -0.15) is 12.6 Å². The number of aliphatic hydroxyl groups is 18. The average Bonchev–Trinajstić information content (AvgIpc) is 3.76. The minimum absolute atomic E-state index is 0.174. The molecule has 0 aromatic heterocycles. The molecule has 0 unspecified atom stereocenters. The van der Waals surface area contributed by atoms with E-state index < -0.39 is 254 Å². The maximum absolute atomic E-state index is 11.4. The molecule has 0 aliphatic carbocycles. The molecule has 18 N–H and O–H groups in total. The average molecular weight is 1130 g/mol. The van der Waals surface area contributed by atoms with E-state index in [1.165, 1.54) is 0 Å². The Labute approximate surface area is 435 Å². The number of aliphatic hydroxyl groups excluding tert-OH is 18. The van der Waals surface area contributed by atoms with E-state index in [-0.39, 0.29) is 6.61 Å². The second kappa shape index (κ2) is 24.9. The summed E-state index contributed by atoms with van der Waals surface area (Å²) in [5.74, 6) is 0. The molecule has 0 aromatic rings. The normalized spacial score (nSPS) is 56.5. The standard InChI is InChI=1S/C42H68O33S/c43-1-8-27-15(49)22(56)37(63-8)71-29-10(3-45)65-39(24(58)17(29)51)73-31-12(5-47)67-41(26(60)19(31)53)75-33-14-7-61-34(33)35(76)42(68-14)74-32-13(6-48)66-40(25(59)20(32)54)72-30-11(4-46)64-38(23(57)18(30)52)70-28-9(2-44)62-36(69-27)21(55)16(28)50/h8-60,76H,1-7H2/t8-,9-,10-,11-,12-,13-,14-,15-,16-,17-,18-,19-,20-,21-,22-,23-,24-,25-,26-,27-,28-,29-,30-,31-,32-,33-,34+,35-,36-,37-,38-,39-,40-,41-,42-/m1/s1. The van der Waals surface area contributed by atoms with Gasteiger partial charge in [-0.1, -0.05) is 0 Å². The first-order valence-electron chi connectivity index (χ1n) is 24.6. The van der Waals surface area contributed by atoms with Gasteiger partial charge in [0.25, 0.3) is 0 Å². The van der Waals surface area contributed by atoms with Crippen molar-refractivity contribution in [2.45, 2.75) is 214 Å². The summed E-state index contributed by atoms with van der Waals surface area (Å²) >= 11 is 4.60. The van der Waals surface area contributed by atoms with Gasteiger partial charge in [0.1, 0.15) is 165 Å². The molecule has 16 bridgehead atoms. The molecular formula is C42H68O33S. The van der Waals surface area contributed by atoms with Gasteiger partial charge in [-0.15, -0.1) is 0 Å². The van der Waals surface area contributed by atoms with Crippen LogP contribution in [0, 0.1) is 0 Å². The van der Waals surface area contributed by atoms with E-state index in [0.29, 0.717) is 0 Å². The van der Waals surface area contributed by atoms with Crippen molar-refractivity contribution in [2.75, 3.05) is 46.2 Å². The van der Waals surface area contributed by atoms with Gasteiger partial charge >= 0.3 is 0 Å². The lowest BCUT2D eigenvalue weighted by Gasteiger charge is -2.50. The van der Waals surface area contributed by atoms with E-state index in [9.17, 15) is 91.9 Å². The first-order chi connectivity index (χ1) is 36.3. The van der Waals surface area contributed by atoms with Crippen molar-refractivity contribution in [3.05, 3.63) is 0 Å². The number of rotatable bonds is 6. The Balaban J connectivity index is 0.984. The van der Waals surface area contributed by atoms with E-state index in [2.05, 4.69) is 12.6 Å². The highest BCUT2D eigenvalue weighted by atomic mass is 32.1. The summed E-state index contributed by atoms with van der Waals surface area (Å²) in [7, 11) is 0. The minimum Gasteiger partial charge on any atom is -0.394 e. The Morgan fingerprint density at radius 2 is 0.461 bits per heavy atom. The van der Waals surface area contributed by atoms with Gasteiger partial charge < -0.3 is 163 Å². The lowest BCUT2D eigenvalue weighted by atomic mass is 9.95. The molecule has 22 aliphatic rings. The van der Waals surface area contributed by atoms with Gasteiger partial charge in [0.05, 0.1) is 51.5 Å². The molecule has 76 heavy (non-hydrogen) atoms. The van der Waals surface area contributed by atoms with Crippen LogP contribution in [0.5, 0.6) is 0 Å². The highest BCUT2D eigenvalue weighted by Gasteiger charge is 2.60. The summed E-state index contributed by atoms with van der Waals surface area (Å²) in [6, 6.07) is 0.